The number of aliphatic hydroxyl groups excluding tert-OH is 1. The van der Waals surface area contributed by atoms with Gasteiger partial charge in [-0.3, -0.25) is 4.79 Å². The third-order valence-corrected chi connectivity index (χ3v) is 3.33. The average Bonchev–Trinajstić information content (AvgIpc) is 2.90. The summed E-state index contributed by atoms with van der Waals surface area (Å²) in [7, 11) is 0. The lowest BCUT2D eigenvalue weighted by Gasteiger charge is -2.07. The van der Waals surface area contributed by atoms with Gasteiger partial charge in [-0.15, -0.1) is 0 Å². The van der Waals surface area contributed by atoms with Crippen LogP contribution < -0.4 is 10.6 Å². The Kier molecular flexibility index (Phi) is 4.20. The molecule has 1 amide bonds. The van der Waals surface area contributed by atoms with Crippen LogP contribution in [0.15, 0.2) is 41.1 Å². The molecule has 3 rings (SSSR count). The number of aryl methyl sites for hydroxylation is 1. The predicted molar refractivity (Wildman–Crippen MR) is 85.7 cm³/mol. The fourth-order valence-corrected chi connectivity index (χ4v) is 2.33. The number of fused-ring (bicyclic) bond motifs is 1. The van der Waals surface area contributed by atoms with Crippen LogP contribution in [-0.2, 0) is 0 Å². The standard InChI is InChI=1S/C16H16N4O3/c1-10-12(15(22)17-7-8-21)13-14(18-9-19-16(13)23-10)20-11-5-3-2-4-6-11/h2-6,9,21H,7-8H2,1H3,(H,17,22)(H,18,19,20). The van der Waals surface area contributed by atoms with Crippen molar-refractivity contribution in [2.24, 2.45) is 0 Å². The van der Waals surface area contributed by atoms with Crippen molar-refractivity contribution in [3.05, 3.63) is 48.0 Å². The zero-order valence-electron chi connectivity index (χ0n) is 12.5. The second kappa shape index (κ2) is 6.45. The molecule has 2 heterocycles. The van der Waals surface area contributed by atoms with Gasteiger partial charge in [0.1, 0.15) is 17.9 Å². The summed E-state index contributed by atoms with van der Waals surface area (Å²) in [5.74, 6) is 0.612. The Hall–Kier alpha value is -2.93. The molecule has 7 nitrogen and oxygen atoms in total. The van der Waals surface area contributed by atoms with Crippen LogP contribution in [0.25, 0.3) is 11.1 Å². The number of amides is 1. The van der Waals surface area contributed by atoms with Crippen LogP contribution in [0.3, 0.4) is 0 Å². The molecule has 0 aliphatic rings. The van der Waals surface area contributed by atoms with Gasteiger partial charge in [-0.2, -0.15) is 0 Å². The number of nitrogens with zero attached hydrogens (tertiary/aromatic N) is 2. The molecule has 0 bridgehead atoms. The van der Waals surface area contributed by atoms with Gasteiger partial charge in [0.2, 0.25) is 5.71 Å². The number of rotatable bonds is 5. The van der Waals surface area contributed by atoms with Crippen LogP contribution >= 0.6 is 0 Å². The van der Waals surface area contributed by atoms with Crippen molar-refractivity contribution in [2.45, 2.75) is 6.92 Å². The highest BCUT2D eigenvalue weighted by Crippen LogP contribution is 2.30. The van der Waals surface area contributed by atoms with E-state index in [0.717, 1.165) is 5.69 Å². The zero-order chi connectivity index (χ0) is 16.2. The predicted octanol–water partition coefficient (Wildman–Crippen LogP) is 2.00. The summed E-state index contributed by atoms with van der Waals surface area (Å²) in [4.78, 5) is 20.6. The van der Waals surface area contributed by atoms with E-state index >= 15 is 0 Å². The summed E-state index contributed by atoms with van der Waals surface area (Å²) in [6.07, 6.45) is 1.38. The highest BCUT2D eigenvalue weighted by Gasteiger charge is 2.22. The third-order valence-electron chi connectivity index (χ3n) is 3.33. The number of carbonyl (C=O) groups is 1. The normalized spacial score (nSPS) is 10.7. The highest BCUT2D eigenvalue weighted by molar-refractivity contribution is 6.10. The van der Waals surface area contributed by atoms with Gasteiger partial charge < -0.3 is 20.2 Å². The van der Waals surface area contributed by atoms with E-state index in [1.807, 2.05) is 30.3 Å². The minimum Gasteiger partial charge on any atom is -0.442 e. The number of anilines is 2. The Labute approximate surface area is 132 Å². The maximum Gasteiger partial charge on any atom is 0.255 e. The second-order valence-corrected chi connectivity index (χ2v) is 4.91. The highest BCUT2D eigenvalue weighted by atomic mass is 16.3. The minimum atomic E-state index is -0.332. The molecular formula is C16H16N4O3. The molecule has 1 aromatic carbocycles. The number of para-hydroxylation sites is 1. The SMILES string of the molecule is Cc1oc2ncnc(Nc3ccccc3)c2c1C(=O)NCCO. The molecule has 118 valence electrons. The fourth-order valence-electron chi connectivity index (χ4n) is 2.33. The zero-order valence-corrected chi connectivity index (χ0v) is 12.5. The largest absolute Gasteiger partial charge is 0.442 e. The second-order valence-electron chi connectivity index (χ2n) is 4.91. The number of nitrogens with one attached hydrogen (secondary N) is 2. The summed E-state index contributed by atoms with van der Waals surface area (Å²) >= 11 is 0. The molecule has 3 N–H and O–H groups in total. The van der Waals surface area contributed by atoms with Gasteiger partial charge in [0.05, 0.1) is 17.6 Å². The molecule has 0 fully saturated rings. The first kappa shape index (κ1) is 15.0. The van der Waals surface area contributed by atoms with Crippen molar-refractivity contribution in [1.29, 1.82) is 0 Å². The van der Waals surface area contributed by atoms with Gasteiger partial charge in [0.15, 0.2) is 0 Å². The maximum atomic E-state index is 12.3. The number of benzene rings is 1. The van der Waals surface area contributed by atoms with E-state index in [0.29, 0.717) is 28.2 Å². The van der Waals surface area contributed by atoms with Crippen molar-refractivity contribution in [2.75, 3.05) is 18.5 Å². The summed E-state index contributed by atoms with van der Waals surface area (Å²) in [5, 5.41) is 15.2. The van der Waals surface area contributed by atoms with Gasteiger partial charge in [-0.25, -0.2) is 9.97 Å². The lowest BCUT2D eigenvalue weighted by molar-refractivity contribution is 0.0944. The molecule has 7 heteroatoms. The van der Waals surface area contributed by atoms with Gasteiger partial charge >= 0.3 is 0 Å². The Bertz CT molecular complexity index is 830. The molecule has 0 unspecified atom stereocenters. The number of aliphatic hydroxyl groups is 1. The van der Waals surface area contributed by atoms with E-state index < -0.39 is 0 Å². The number of hydrogen-bond acceptors (Lipinski definition) is 6. The van der Waals surface area contributed by atoms with Crippen molar-refractivity contribution >= 4 is 28.5 Å². The molecule has 3 aromatic rings. The van der Waals surface area contributed by atoms with Crippen LogP contribution in [-0.4, -0.2) is 34.1 Å². The van der Waals surface area contributed by atoms with Gasteiger partial charge in [0.25, 0.3) is 5.91 Å². The molecule has 2 aromatic heterocycles. The van der Waals surface area contributed by atoms with Crippen molar-refractivity contribution in [3.8, 4) is 0 Å². The van der Waals surface area contributed by atoms with Crippen molar-refractivity contribution in [1.82, 2.24) is 15.3 Å². The molecule has 0 aliphatic heterocycles. The topological polar surface area (TPSA) is 100 Å². The molecule has 0 spiro atoms. The Morgan fingerprint density at radius 2 is 2.04 bits per heavy atom. The molecule has 0 saturated carbocycles. The van der Waals surface area contributed by atoms with Gasteiger partial charge in [-0.1, -0.05) is 18.2 Å². The third kappa shape index (κ3) is 3.00. The first-order valence-electron chi connectivity index (χ1n) is 7.16. The van der Waals surface area contributed by atoms with Crippen LogP contribution in [0.4, 0.5) is 11.5 Å². The van der Waals surface area contributed by atoms with E-state index in [1.165, 1.54) is 6.33 Å². The average molecular weight is 312 g/mol. The number of aromatic nitrogens is 2. The molecule has 0 saturated heterocycles. The summed E-state index contributed by atoms with van der Waals surface area (Å²) in [6, 6.07) is 9.50. The lowest BCUT2D eigenvalue weighted by Crippen LogP contribution is -2.26. The van der Waals surface area contributed by atoms with Crippen molar-refractivity contribution < 1.29 is 14.3 Å². The van der Waals surface area contributed by atoms with Crippen LogP contribution in [0.2, 0.25) is 0 Å². The maximum absolute atomic E-state index is 12.3. The summed E-state index contributed by atoms with van der Waals surface area (Å²) < 4.78 is 5.56. The molecule has 0 radical (unpaired) electrons. The van der Waals surface area contributed by atoms with Crippen LogP contribution in [0, 0.1) is 6.92 Å². The van der Waals surface area contributed by atoms with E-state index in [9.17, 15) is 4.79 Å². The number of furan rings is 1. The molecule has 23 heavy (non-hydrogen) atoms. The summed E-state index contributed by atoms with van der Waals surface area (Å²) in [6.45, 7) is 1.73. The summed E-state index contributed by atoms with van der Waals surface area (Å²) in [5.41, 5.74) is 1.55. The first-order chi connectivity index (χ1) is 11.2. The number of carbonyl (C=O) groups excluding carboxylic acids is 1. The Balaban J connectivity index is 2.06. The quantitative estimate of drug-likeness (QED) is 0.666. The monoisotopic (exact) mass is 312 g/mol. The fraction of sp³-hybridized carbons (Fsp3) is 0.188. The molecular weight excluding hydrogens is 296 g/mol. The van der Waals surface area contributed by atoms with E-state index in [-0.39, 0.29) is 19.1 Å². The smallest absolute Gasteiger partial charge is 0.255 e. The first-order valence-corrected chi connectivity index (χ1v) is 7.16. The Morgan fingerprint density at radius 1 is 1.26 bits per heavy atom. The number of hydrogen-bond donors (Lipinski definition) is 3. The molecule has 0 atom stereocenters. The lowest BCUT2D eigenvalue weighted by atomic mass is 10.1. The van der Waals surface area contributed by atoms with Gasteiger partial charge in [0, 0.05) is 12.2 Å². The van der Waals surface area contributed by atoms with E-state index in [2.05, 4.69) is 20.6 Å². The van der Waals surface area contributed by atoms with Crippen molar-refractivity contribution in [3.63, 3.8) is 0 Å². The Morgan fingerprint density at radius 3 is 2.78 bits per heavy atom. The van der Waals surface area contributed by atoms with E-state index in [1.54, 1.807) is 6.92 Å². The van der Waals surface area contributed by atoms with Gasteiger partial charge in [-0.05, 0) is 19.1 Å². The van der Waals surface area contributed by atoms with E-state index in [4.69, 9.17) is 9.52 Å². The molecule has 0 aliphatic carbocycles. The van der Waals surface area contributed by atoms with Crippen LogP contribution in [0.5, 0.6) is 0 Å². The minimum absolute atomic E-state index is 0.133. The van der Waals surface area contributed by atoms with Crippen LogP contribution in [0.1, 0.15) is 16.1 Å².